The average molecular weight is 345 g/mol. The molecule has 120 valence electrons. The Kier molecular flexibility index (Phi) is 5.54. The number of benzene rings is 1. The maximum Gasteiger partial charge on any atom is 0.185 e. The molecule has 0 saturated carbocycles. The van der Waals surface area contributed by atoms with Gasteiger partial charge in [-0.15, -0.1) is 23.1 Å². The van der Waals surface area contributed by atoms with Crippen LogP contribution in [-0.4, -0.2) is 38.3 Å². The van der Waals surface area contributed by atoms with E-state index in [1.165, 1.54) is 4.21 Å². The molecule has 2 heterocycles. The van der Waals surface area contributed by atoms with Gasteiger partial charge in [-0.05, 0) is 54.8 Å². The summed E-state index contributed by atoms with van der Waals surface area (Å²) in [4.78, 5) is 15.6. The molecule has 0 amide bonds. The van der Waals surface area contributed by atoms with Crippen molar-refractivity contribution in [3.63, 3.8) is 0 Å². The number of thiophene rings is 1. The van der Waals surface area contributed by atoms with Gasteiger partial charge in [-0.25, -0.2) is 0 Å². The molecule has 2 aromatic rings. The van der Waals surface area contributed by atoms with E-state index in [9.17, 15) is 4.79 Å². The van der Waals surface area contributed by atoms with E-state index in [2.05, 4.69) is 17.2 Å². The van der Waals surface area contributed by atoms with Gasteiger partial charge in [-0.3, -0.25) is 4.79 Å². The molecule has 0 spiro atoms. The molecule has 3 rings (SSSR count). The van der Waals surface area contributed by atoms with Gasteiger partial charge < -0.3 is 9.64 Å². The van der Waals surface area contributed by atoms with Gasteiger partial charge in [0.15, 0.2) is 5.78 Å². The van der Waals surface area contributed by atoms with Crippen molar-refractivity contribution in [2.45, 2.75) is 4.21 Å². The Morgan fingerprint density at radius 1 is 1.17 bits per heavy atom. The third-order valence-electron chi connectivity index (χ3n) is 3.73. The Bertz CT molecular complexity index is 685. The van der Waals surface area contributed by atoms with Crippen molar-refractivity contribution >= 4 is 40.6 Å². The average Bonchev–Trinajstić information content (AvgIpc) is 3.09. The number of rotatable bonds is 5. The molecule has 0 radical (unpaired) electrons. The van der Waals surface area contributed by atoms with Crippen molar-refractivity contribution in [2.75, 3.05) is 37.5 Å². The molecular weight excluding hydrogens is 326 g/mol. The summed E-state index contributed by atoms with van der Waals surface area (Å²) in [6, 6.07) is 12.0. The Hall–Kier alpha value is -1.56. The zero-order valence-electron chi connectivity index (χ0n) is 13.0. The molecule has 0 atom stereocenters. The van der Waals surface area contributed by atoms with Gasteiger partial charge in [-0.1, -0.05) is 0 Å². The number of allylic oxidation sites excluding steroid dienone is 1. The zero-order chi connectivity index (χ0) is 16.1. The highest BCUT2D eigenvalue weighted by molar-refractivity contribution is 8.00. The number of ketones is 1. The lowest BCUT2D eigenvalue weighted by atomic mass is 10.1. The van der Waals surface area contributed by atoms with Gasteiger partial charge in [0.05, 0.1) is 17.4 Å². The first kappa shape index (κ1) is 16.3. The van der Waals surface area contributed by atoms with E-state index in [-0.39, 0.29) is 5.78 Å². The smallest absolute Gasteiger partial charge is 0.185 e. The highest BCUT2D eigenvalue weighted by Crippen LogP contribution is 2.26. The minimum atomic E-state index is 0.0395. The molecule has 5 heteroatoms. The molecule has 0 bridgehead atoms. The van der Waals surface area contributed by atoms with Gasteiger partial charge in [0.1, 0.15) is 0 Å². The van der Waals surface area contributed by atoms with Crippen LogP contribution in [0, 0.1) is 0 Å². The quantitative estimate of drug-likeness (QED) is 0.461. The second kappa shape index (κ2) is 7.81. The maximum absolute atomic E-state index is 12.3. The van der Waals surface area contributed by atoms with Crippen LogP contribution in [0.1, 0.15) is 15.2 Å². The number of nitrogens with zero attached hydrogens (tertiary/aromatic N) is 1. The molecule has 1 aliphatic heterocycles. The van der Waals surface area contributed by atoms with Gasteiger partial charge in [0, 0.05) is 29.2 Å². The lowest BCUT2D eigenvalue weighted by molar-refractivity contribution is 0.104. The van der Waals surface area contributed by atoms with Crippen LogP contribution < -0.4 is 4.90 Å². The summed E-state index contributed by atoms with van der Waals surface area (Å²) in [7, 11) is 0. The molecule has 1 aromatic carbocycles. The summed E-state index contributed by atoms with van der Waals surface area (Å²) in [5, 5.41) is 0. The van der Waals surface area contributed by atoms with E-state index < -0.39 is 0 Å². The van der Waals surface area contributed by atoms with Gasteiger partial charge >= 0.3 is 0 Å². The first-order valence-corrected chi connectivity index (χ1v) is 9.59. The first-order chi connectivity index (χ1) is 11.3. The minimum absolute atomic E-state index is 0.0395. The van der Waals surface area contributed by atoms with Crippen LogP contribution in [0.2, 0.25) is 0 Å². The zero-order valence-corrected chi connectivity index (χ0v) is 14.7. The fourth-order valence-electron chi connectivity index (χ4n) is 2.45. The van der Waals surface area contributed by atoms with Crippen LogP contribution in [-0.2, 0) is 4.74 Å². The molecule has 1 aromatic heterocycles. The summed E-state index contributed by atoms with van der Waals surface area (Å²) in [6.45, 7) is 3.34. The standard InChI is InChI=1S/C18H19NO2S2/c1-22-18-9-7-16(23-18)6-8-17(20)14-2-4-15(5-3-14)19-10-12-21-13-11-19/h2-9H,10-13H2,1H3/b8-6+. The largest absolute Gasteiger partial charge is 0.378 e. The Morgan fingerprint density at radius 3 is 2.57 bits per heavy atom. The van der Waals surface area contributed by atoms with Crippen LogP contribution in [0.4, 0.5) is 5.69 Å². The summed E-state index contributed by atoms with van der Waals surface area (Å²) in [5.41, 5.74) is 1.87. The van der Waals surface area contributed by atoms with Crippen LogP contribution in [0.3, 0.4) is 0 Å². The summed E-state index contributed by atoms with van der Waals surface area (Å²) in [6.07, 6.45) is 5.60. The van der Waals surface area contributed by atoms with Crippen molar-refractivity contribution < 1.29 is 9.53 Å². The summed E-state index contributed by atoms with van der Waals surface area (Å²) >= 11 is 3.42. The second-order valence-corrected chi connectivity index (χ2v) is 7.43. The van der Waals surface area contributed by atoms with Crippen molar-refractivity contribution in [1.82, 2.24) is 0 Å². The van der Waals surface area contributed by atoms with Crippen LogP contribution in [0.5, 0.6) is 0 Å². The van der Waals surface area contributed by atoms with Gasteiger partial charge in [-0.2, -0.15) is 0 Å². The van der Waals surface area contributed by atoms with Crippen molar-refractivity contribution in [3.8, 4) is 0 Å². The summed E-state index contributed by atoms with van der Waals surface area (Å²) < 4.78 is 6.62. The lowest BCUT2D eigenvalue weighted by Gasteiger charge is -2.28. The molecule has 1 aliphatic rings. The number of carbonyl (C=O) groups is 1. The number of thioether (sulfide) groups is 1. The Balaban J connectivity index is 1.65. The van der Waals surface area contributed by atoms with Crippen LogP contribution in [0.15, 0.2) is 46.7 Å². The summed E-state index contributed by atoms with van der Waals surface area (Å²) in [5.74, 6) is 0.0395. The predicted molar refractivity (Wildman–Crippen MR) is 98.9 cm³/mol. The fraction of sp³-hybridized carbons (Fsp3) is 0.278. The normalized spacial score (nSPS) is 15.3. The molecule has 0 aliphatic carbocycles. The number of ether oxygens (including phenoxy) is 1. The highest BCUT2D eigenvalue weighted by Gasteiger charge is 2.11. The Morgan fingerprint density at radius 2 is 1.91 bits per heavy atom. The predicted octanol–water partition coefficient (Wildman–Crippen LogP) is 4.20. The van der Waals surface area contributed by atoms with E-state index in [1.54, 1.807) is 29.2 Å². The molecular formula is C18H19NO2S2. The van der Waals surface area contributed by atoms with E-state index in [1.807, 2.05) is 36.4 Å². The second-order valence-electron chi connectivity index (χ2n) is 5.20. The Labute approximate surface area is 145 Å². The molecule has 23 heavy (non-hydrogen) atoms. The topological polar surface area (TPSA) is 29.5 Å². The molecule has 0 unspecified atom stereocenters. The van der Waals surface area contributed by atoms with Gasteiger partial charge in [0.25, 0.3) is 0 Å². The number of morpholine rings is 1. The van der Waals surface area contributed by atoms with E-state index >= 15 is 0 Å². The molecule has 1 saturated heterocycles. The van der Waals surface area contributed by atoms with Crippen LogP contribution in [0.25, 0.3) is 6.08 Å². The van der Waals surface area contributed by atoms with Crippen molar-refractivity contribution in [1.29, 1.82) is 0 Å². The number of hydrogen-bond donors (Lipinski definition) is 0. The lowest BCUT2D eigenvalue weighted by Crippen LogP contribution is -2.36. The SMILES string of the molecule is CSc1ccc(/C=C/C(=O)c2ccc(N3CCOCC3)cc2)s1. The number of hydrogen-bond acceptors (Lipinski definition) is 5. The third kappa shape index (κ3) is 4.25. The molecule has 3 nitrogen and oxygen atoms in total. The first-order valence-electron chi connectivity index (χ1n) is 7.55. The monoisotopic (exact) mass is 345 g/mol. The van der Waals surface area contributed by atoms with E-state index in [4.69, 9.17) is 4.74 Å². The fourth-order valence-corrected chi connectivity index (χ4v) is 3.91. The van der Waals surface area contributed by atoms with Crippen molar-refractivity contribution in [2.24, 2.45) is 0 Å². The van der Waals surface area contributed by atoms with E-state index in [0.29, 0.717) is 0 Å². The van der Waals surface area contributed by atoms with E-state index in [0.717, 1.165) is 42.4 Å². The van der Waals surface area contributed by atoms with Crippen molar-refractivity contribution in [3.05, 3.63) is 52.9 Å². The number of carbonyl (C=O) groups excluding carboxylic acids is 1. The highest BCUT2D eigenvalue weighted by atomic mass is 32.2. The van der Waals surface area contributed by atoms with Crippen LogP contribution >= 0.6 is 23.1 Å². The minimum Gasteiger partial charge on any atom is -0.378 e. The molecule has 0 N–H and O–H groups in total. The third-order valence-corrected chi connectivity index (χ3v) is 5.86. The maximum atomic E-state index is 12.3. The van der Waals surface area contributed by atoms with Gasteiger partial charge in [0.2, 0.25) is 0 Å². The number of anilines is 1. The molecule has 1 fully saturated rings.